The van der Waals surface area contributed by atoms with Crippen molar-refractivity contribution in [2.24, 2.45) is 0 Å². The van der Waals surface area contributed by atoms with E-state index in [4.69, 9.17) is 9.84 Å². The van der Waals surface area contributed by atoms with Crippen LogP contribution in [-0.4, -0.2) is 35.2 Å². The van der Waals surface area contributed by atoms with E-state index in [9.17, 15) is 18.8 Å². The van der Waals surface area contributed by atoms with Crippen molar-refractivity contribution in [3.8, 4) is 0 Å². The zero-order valence-electron chi connectivity index (χ0n) is 14.5. The number of halogens is 1. The van der Waals surface area contributed by atoms with Crippen LogP contribution in [0, 0.1) is 5.82 Å². The summed E-state index contributed by atoms with van der Waals surface area (Å²) in [6.07, 6.45) is 0.714. The third-order valence-electron chi connectivity index (χ3n) is 2.93. The summed E-state index contributed by atoms with van der Waals surface area (Å²) in [7, 11) is 0. The molecule has 25 heavy (non-hydrogen) atoms. The number of alkyl carbamates (subject to hydrolysis) is 1. The smallest absolute Gasteiger partial charge is 0.407 e. The number of carboxylic acids is 1. The van der Waals surface area contributed by atoms with Crippen LogP contribution in [0.2, 0.25) is 0 Å². The van der Waals surface area contributed by atoms with Gasteiger partial charge in [0.05, 0.1) is 5.56 Å². The quantitative estimate of drug-likeness (QED) is 0.652. The van der Waals surface area contributed by atoms with E-state index in [1.54, 1.807) is 20.8 Å². The Kier molecular flexibility index (Phi) is 7.35. The van der Waals surface area contributed by atoms with E-state index in [0.717, 1.165) is 12.1 Å². The van der Waals surface area contributed by atoms with Crippen molar-refractivity contribution >= 4 is 23.7 Å². The topological polar surface area (TPSA) is 105 Å². The summed E-state index contributed by atoms with van der Waals surface area (Å²) in [6.45, 7) is 5.66. The zero-order chi connectivity index (χ0) is 19.0. The third kappa shape index (κ3) is 8.69. The molecule has 0 atom stereocenters. The van der Waals surface area contributed by atoms with Gasteiger partial charge in [-0.3, -0.25) is 4.79 Å². The van der Waals surface area contributed by atoms with Gasteiger partial charge >= 0.3 is 12.1 Å². The molecule has 0 aliphatic heterocycles. The van der Waals surface area contributed by atoms with E-state index in [1.807, 2.05) is 0 Å². The van der Waals surface area contributed by atoms with Crippen molar-refractivity contribution in [2.45, 2.75) is 45.6 Å². The van der Waals surface area contributed by atoms with E-state index in [1.165, 1.54) is 6.07 Å². The van der Waals surface area contributed by atoms with Crippen LogP contribution < -0.4 is 10.6 Å². The Morgan fingerprint density at radius 2 is 1.84 bits per heavy atom. The molecule has 7 nitrogen and oxygen atoms in total. The highest BCUT2D eigenvalue weighted by molar-refractivity contribution is 5.93. The average Bonchev–Trinajstić information content (AvgIpc) is 2.44. The number of aromatic carboxylic acids is 1. The molecule has 1 aromatic carbocycles. The van der Waals surface area contributed by atoms with Crippen LogP contribution in [0.4, 0.5) is 14.9 Å². The Hall–Kier alpha value is -2.64. The second-order valence-corrected chi connectivity index (χ2v) is 6.47. The number of ether oxygens (including phenoxy) is 1. The Bertz CT molecular complexity index is 640. The number of hydrogen-bond acceptors (Lipinski definition) is 4. The first-order valence-electron chi connectivity index (χ1n) is 7.87. The van der Waals surface area contributed by atoms with Crippen molar-refractivity contribution in [3.63, 3.8) is 0 Å². The minimum absolute atomic E-state index is 0.0919. The molecule has 1 aromatic rings. The van der Waals surface area contributed by atoms with Crippen molar-refractivity contribution in [3.05, 3.63) is 29.6 Å². The lowest BCUT2D eigenvalue weighted by Crippen LogP contribution is -2.33. The number of anilines is 1. The molecule has 1 rings (SSSR count). The van der Waals surface area contributed by atoms with Crippen LogP contribution >= 0.6 is 0 Å². The number of rotatable bonds is 7. The first kappa shape index (κ1) is 20.4. The van der Waals surface area contributed by atoms with Crippen molar-refractivity contribution in [2.75, 3.05) is 11.9 Å². The number of hydrogen-bond donors (Lipinski definition) is 3. The molecule has 0 bridgehead atoms. The van der Waals surface area contributed by atoms with Gasteiger partial charge in [0.15, 0.2) is 0 Å². The van der Waals surface area contributed by atoms with E-state index in [2.05, 4.69) is 10.6 Å². The Morgan fingerprint density at radius 3 is 2.44 bits per heavy atom. The molecule has 0 saturated heterocycles. The number of amides is 2. The number of carbonyl (C=O) groups is 3. The summed E-state index contributed by atoms with van der Waals surface area (Å²) in [5, 5.41) is 13.9. The van der Waals surface area contributed by atoms with Gasteiger partial charge in [-0.25, -0.2) is 14.0 Å². The van der Waals surface area contributed by atoms with E-state index in [0.29, 0.717) is 19.4 Å². The molecule has 0 aliphatic carbocycles. The fraction of sp³-hybridized carbons (Fsp3) is 0.471. The molecule has 8 heteroatoms. The number of nitrogens with one attached hydrogen (secondary N) is 2. The first-order chi connectivity index (χ1) is 11.6. The summed E-state index contributed by atoms with van der Waals surface area (Å²) < 4.78 is 18.4. The van der Waals surface area contributed by atoms with Crippen LogP contribution in [0.25, 0.3) is 0 Å². The van der Waals surface area contributed by atoms with Gasteiger partial charge in [-0.1, -0.05) is 0 Å². The maximum atomic E-state index is 13.3. The molecule has 0 saturated carbocycles. The van der Waals surface area contributed by atoms with Crippen molar-refractivity contribution in [1.29, 1.82) is 0 Å². The first-order valence-corrected chi connectivity index (χ1v) is 7.87. The van der Waals surface area contributed by atoms with Gasteiger partial charge in [-0.2, -0.15) is 0 Å². The third-order valence-corrected chi connectivity index (χ3v) is 2.93. The van der Waals surface area contributed by atoms with Gasteiger partial charge < -0.3 is 20.5 Å². The second-order valence-electron chi connectivity index (χ2n) is 6.47. The van der Waals surface area contributed by atoms with Crippen LogP contribution in [0.3, 0.4) is 0 Å². The van der Waals surface area contributed by atoms with Crippen LogP contribution in [0.15, 0.2) is 18.2 Å². The van der Waals surface area contributed by atoms with E-state index in [-0.39, 0.29) is 23.6 Å². The number of carboxylic acid groups (broad SMARTS) is 1. The van der Waals surface area contributed by atoms with Gasteiger partial charge in [-0.05, 0) is 51.8 Å². The lowest BCUT2D eigenvalue weighted by atomic mass is 10.2. The molecule has 0 aromatic heterocycles. The minimum atomic E-state index is -1.27. The number of carbonyl (C=O) groups excluding carboxylic acids is 2. The van der Waals surface area contributed by atoms with E-state index >= 15 is 0 Å². The summed E-state index contributed by atoms with van der Waals surface area (Å²) >= 11 is 0. The predicted octanol–water partition coefficient (Wildman–Crippen LogP) is 3.16. The molecule has 0 aliphatic rings. The highest BCUT2D eigenvalue weighted by Crippen LogP contribution is 2.15. The standard InChI is InChI=1S/C17H23FN2O5/c1-17(2,3)25-16(24)19-7-5-4-6-14(21)20-13-9-11(15(22)23)8-12(18)10-13/h8-10H,4-7H2,1-3H3,(H,19,24)(H,20,21)(H,22,23). The second kappa shape index (κ2) is 9.00. The largest absolute Gasteiger partial charge is 0.478 e. The SMILES string of the molecule is CC(C)(C)OC(=O)NCCCCC(=O)Nc1cc(F)cc(C(=O)O)c1. The average molecular weight is 354 g/mol. The molecule has 0 radical (unpaired) electrons. The normalized spacial score (nSPS) is 10.9. The number of benzene rings is 1. The van der Waals surface area contributed by atoms with Gasteiger partial charge in [0.25, 0.3) is 0 Å². The van der Waals surface area contributed by atoms with Gasteiger partial charge in [0.2, 0.25) is 5.91 Å². The lowest BCUT2D eigenvalue weighted by Gasteiger charge is -2.19. The van der Waals surface area contributed by atoms with Crippen LogP contribution in [0.1, 0.15) is 50.4 Å². The molecule has 0 spiro atoms. The lowest BCUT2D eigenvalue weighted by molar-refractivity contribution is -0.116. The van der Waals surface area contributed by atoms with E-state index < -0.39 is 23.5 Å². The molecule has 138 valence electrons. The number of unbranched alkanes of at least 4 members (excludes halogenated alkanes) is 1. The Morgan fingerprint density at radius 1 is 1.16 bits per heavy atom. The highest BCUT2D eigenvalue weighted by atomic mass is 19.1. The Balaban J connectivity index is 2.32. The molecule has 0 unspecified atom stereocenters. The maximum Gasteiger partial charge on any atom is 0.407 e. The zero-order valence-corrected chi connectivity index (χ0v) is 14.5. The summed E-state index contributed by atoms with van der Waals surface area (Å²) in [5.41, 5.74) is -0.713. The van der Waals surface area contributed by atoms with Crippen molar-refractivity contribution in [1.82, 2.24) is 5.32 Å². The molecule has 3 N–H and O–H groups in total. The fourth-order valence-corrected chi connectivity index (χ4v) is 1.92. The molecular formula is C17H23FN2O5. The summed E-state index contributed by atoms with van der Waals surface area (Å²) in [4.78, 5) is 34.1. The molecule has 0 fully saturated rings. The summed E-state index contributed by atoms with van der Waals surface area (Å²) in [5.74, 6) is -2.38. The van der Waals surface area contributed by atoms with Gasteiger partial charge in [0.1, 0.15) is 11.4 Å². The van der Waals surface area contributed by atoms with Crippen LogP contribution in [0.5, 0.6) is 0 Å². The summed E-state index contributed by atoms with van der Waals surface area (Å²) in [6, 6.07) is 3.11. The molecular weight excluding hydrogens is 331 g/mol. The maximum absolute atomic E-state index is 13.3. The van der Waals surface area contributed by atoms with Crippen molar-refractivity contribution < 1.29 is 28.6 Å². The Labute approximate surface area is 145 Å². The van der Waals surface area contributed by atoms with Gasteiger partial charge in [0, 0.05) is 18.7 Å². The fourth-order valence-electron chi connectivity index (χ4n) is 1.92. The molecule has 0 heterocycles. The minimum Gasteiger partial charge on any atom is -0.478 e. The van der Waals surface area contributed by atoms with Gasteiger partial charge in [-0.15, -0.1) is 0 Å². The molecule has 2 amide bonds. The monoisotopic (exact) mass is 354 g/mol. The van der Waals surface area contributed by atoms with Crippen LogP contribution in [-0.2, 0) is 9.53 Å². The highest BCUT2D eigenvalue weighted by Gasteiger charge is 2.15. The predicted molar refractivity (Wildman–Crippen MR) is 90.1 cm³/mol.